The van der Waals surface area contributed by atoms with E-state index in [1.807, 2.05) is 12.1 Å². The number of fused-ring (bicyclic) bond motifs is 6. The lowest BCUT2D eigenvalue weighted by atomic mass is 9.87. The van der Waals surface area contributed by atoms with Crippen LogP contribution in [0.4, 0.5) is 17.1 Å². The summed E-state index contributed by atoms with van der Waals surface area (Å²) in [4.78, 5) is 2.42. The Labute approximate surface area is 330 Å². The van der Waals surface area contributed by atoms with Gasteiger partial charge in [-0.2, -0.15) is 0 Å². The summed E-state index contributed by atoms with van der Waals surface area (Å²) >= 11 is 0. The van der Waals surface area contributed by atoms with Gasteiger partial charge in [0.2, 0.25) is 0 Å². The van der Waals surface area contributed by atoms with Crippen molar-refractivity contribution in [1.29, 1.82) is 0 Å². The molecule has 0 aliphatic rings. The van der Waals surface area contributed by atoms with Crippen LogP contribution in [-0.4, -0.2) is 4.57 Å². The van der Waals surface area contributed by atoms with Gasteiger partial charge >= 0.3 is 0 Å². The number of para-hydroxylation sites is 3. The molecule has 0 fully saturated rings. The normalized spacial score (nSPS) is 11.5. The SMILES string of the molecule is c1ccc(-c2ccccc2-c2c(-c3ccccc3)cccc2N(c2ccc(-n3c4ccccc4c4ccccc43)cc2)c2ccc3oc4ccccc4c3c2)cc1. The van der Waals surface area contributed by atoms with Crippen molar-refractivity contribution in [2.45, 2.75) is 0 Å². The van der Waals surface area contributed by atoms with E-state index in [-0.39, 0.29) is 0 Å². The summed E-state index contributed by atoms with van der Waals surface area (Å²) in [7, 11) is 0. The molecule has 11 aromatic rings. The van der Waals surface area contributed by atoms with E-state index in [4.69, 9.17) is 4.42 Å². The maximum Gasteiger partial charge on any atom is 0.135 e. The zero-order valence-corrected chi connectivity index (χ0v) is 31.1. The summed E-state index contributed by atoms with van der Waals surface area (Å²) in [5.74, 6) is 0. The smallest absolute Gasteiger partial charge is 0.135 e. The fourth-order valence-electron chi connectivity index (χ4n) is 8.67. The first-order valence-electron chi connectivity index (χ1n) is 19.4. The molecule has 0 bridgehead atoms. The Morgan fingerprint density at radius 2 is 0.877 bits per heavy atom. The van der Waals surface area contributed by atoms with Gasteiger partial charge in [0.25, 0.3) is 0 Å². The highest BCUT2D eigenvalue weighted by molar-refractivity contribution is 6.10. The zero-order valence-electron chi connectivity index (χ0n) is 31.1. The van der Waals surface area contributed by atoms with E-state index in [0.717, 1.165) is 55.8 Å². The van der Waals surface area contributed by atoms with Crippen molar-refractivity contribution in [2.75, 3.05) is 4.90 Å². The molecule has 0 atom stereocenters. The van der Waals surface area contributed by atoms with Gasteiger partial charge < -0.3 is 13.9 Å². The van der Waals surface area contributed by atoms with Crippen molar-refractivity contribution in [3.05, 3.63) is 218 Å². The van der Waals surface area contributed by atoms with E-state index in [9.17, 15) is 0 Å². The third-order valence-corrected chi connectivity index (χ3v) is 11.2. The van der Waals surface area contributed by atoms with Gasteiger partial charge in [-0.3, -0.25) is 0 Å². The van der Waals surface area contributed by atoms with Crippen LogP contribution in [0.1, 0.15) is 0 Å². The quantitative estimate of drug-likeness (QED) is 0.163. The number of furan rings is 1. The molecule has 2 heterocycles. The molecule has 9 aromatic carbocycles. The second kappa shape index (κ2) is 13.6. The minimum atomic E-state index is 0.870. The zero-order chi connectivity index (χ0) is 37.7. The second-order valence-corrected chi connectivity index (χ2v) is 14.5. The number of hydrogen-bond acceptors (Lipinski definition) is 2. The number of anilines is 3. The Hall–Kier alpha value is -7.62. The molecule has 268 valence electrons. The van der Waals surface area contributed by atoms with Gasteiger partial charge in [-0.25, -0.2) is 0 Å². The maximum absolute atomic E-state index is 6.34. The lowest BCUT2D eigenvalue weighted by Gasteiger charge is -2.30. The van der Waals surface area contributed by atoms with Gasteiger partial charge in [-0.15, -0.1) is 0 Å². The molecule has 0 unspecified atom stereocenters. The topological polar surface area (TPSA) is 21.3 Å². The van der Waals surface area contributed by atoms with Crippen LogP contribution in [0.5, 0.6) is 0 Å². The van der Waals surface area contributed by atoms with E-state index in [1.165, 1.54) is 44.1 Å². The molecule has 0 radical (unpaired) electrons. The predicted molar refractivity (Wildman–Crippen MR) is 239 cm³/mol. The highest BCUT2D eigenvalue weighted by Gasteiger charge is 2.24. The molecule has 0 aliphatic carbocycles. The third kappa shape index (κ3) is 5.51. The Balaban J connectivity index is 1.18. The highest BCUT2D eigenvalue weighted by Crippen LogP contribution is 2.49. The van der Waals surface area contributed by atoms with Crippen LogP contribution in [-0.2, 0) is 0 Å². The van der Waals surface area contributed by atoms with Gasteiger partial charge in [0.15, 0.2) is 0 Å². The average molecular weight is 729 g/mol. The predicted octanol–water partition coefficient (Wildman–Crippen LogP) is 15.2. The molecule has 0 N–H and O–H groups in total. The number of hydrogen-bond donors (Lipinski definition) is 0. The number of benzene rings is 9. The van der Waals surface area contributed by atoms with E-state index >= 15 is 0 Å². The van der Waals surface area contributed by atoms with E-state index in [2.05, 4.69) is 216 Å². The fraction of sp³-hybridized carbons (Fsp3) is 0. The van der Waals surface area contributed by atoms with Crippen LogP contribution in [0.2, 0.25) is 0 Å². The Kier molecular flexibility index (Phi) is 7.82. The minimum Gasteiger partial charge on any atom is -0.456 e. The van der Waals surface area contributed by atoms with Crippen molar-refractivity contribution in [2.24, 2.45) is 0 Å². The Morgan fingerprint density at radius 1 is 0.351 bits per heavy atom. The van der Waals surface area contributed by atoms with Crippen LogP contribution < -0.4 is 4.90 Å². The highest BCUT2D eigenvalue weighted by atomic mass is 16.3. The number of aromatic nitrogens is 1. The largest absolute Gasteiger partial charge is 0.456 e. The van der Waals surface area contributed by atoms with Crippen molar-refractivity contribution in [3.63, 3.8) is 0 Å². The Bertz CT molecular complexity index is 3180. The van der Waals surface area contributed by atoms with Crippen LogP contribution in [0.3, 0.4) is 0 Å². The first kappa shape index (κ1) is 32.8. The first-order valence-corrected chi connectivity index (χ1v) is 19.4. The summed E-state index contributed by atoms with van der Waals surface area (Å²) in [6.07, 6.45) is 0. The summed E-state index contributed by atoms with van der Waals surface area (Å²) in [5.41, 5.74) is 15.4. The van der Waals surface area contributed by atoms with Crippen LogP contribution in [0.25, 0.3) is 82.8 Å². The van der Waals surface area contributed by atoms with Crippen molar-refractivity contribution in [3.8, 4) is 39.1 Å². The summed E-state index contributed by atoms with van der Waals surface area (Å²) in [6.45, 7) is 0. The lowest BCUT2D eigenvalue weighted by Crippen LogP contribution is -2.12. The van der Waals surface area contributed by atoms with Gasteiger partial charge in [-0.05, 0) is 94.5 Å². The summed E-state index contributed by atoms with van der Waals surface area (Å²) in [6, 6.07) is 78.3. The maximum atomic E-state index is 6.34. The molecule has 57 heavy (non-hydrogen) atoms. The minimum absolute atomic E-state index is 0.870. The van der Waals surface area contributed by atoms with E-state index in [0.29, 0.717) is 0 Å². The first-order chi connectivity index (χ1) is 28.3. The molecular weight excluding hydrogens is 693 g/mol. The van der Waals surface area contributed by atoms with Crippen molar-refractivity contribution >= 4 is 60.8 Å². The molecule has 2 aromatic heterocycles. The lowest BCUT2D eigenvalue weighted by molar-refractivity contribution is 0.669. The van der Waals surface area contributed by atoms with E-state index < -0.39 is 0 Å². The molecule has 3 nitrogen and oxygen atoms in total. The summed E-state index contributed by atoms with van der Waals surface area (Å²) < 4.78 is 8.71. The average Bonchev–Trinajstić information content (AvgIpc) is 3.83. The standard InChI is InChI=1S/C54H36N2O/c1-3-16-37(17-4-1)42-20-7-8-24-47(42)54-43(38-18-5-2-6-19-38)25-15-28-51(54)55(41-34-35-53-48(36-41)46-23-11-14-29-52(46)57-53)39-30-32-40(33-31-39)56-49-26-12-9-21-44(49)45-22-10-13-27-50(45)56/h1-36H. The van der Waals surface area contributed by atoms with Crippen LogP contribution in [0, 0.1) is 0 Å². The molecule has 0 saturated heterocycles. The molecule has 0 saturated carbocycles. The van der Waals surface area contributed by atoms with Gasteiger partial charge in [0.05, 0.1) is 16.7 Å². The van der Waals surface area contributed by atoms with Gasteiger partial charge in [-0.1, -0.05) is 152 Å². The number of rotatable bonds is 7. The molecular formula is C54H36N2O. The number of nitrogens with zero attached hydrogens (tertiary/aromatic N) is 2. The van der Waals surface area contributed by atoms with Crippen molar-refractivity contribution < 1.29 is 4.42 Å². The molecule has 11 rings (SSSR count). The van der Waals surface area contributed by atoms with E-state index in [1.54, 1.807) is 0 Å². The van der Waals surface area contributed by atoms with Crippen LogP contribution in [0.15, 0.2) is 223 Å². The van der Waals surface area contributed by atoms with Crippen molar-refractivity contribution in [1.82, 2.24) is 4.57 Å². The van der Waals surface area contributed by atoms with Gasteiger partial charge in [0.1, 0.15) is 11.2 Å². The molecule has 0 amide bonds. The van der Waals surface area contributed by atoms with Crippen LogP contribution >= 0.6 is 0 Å². The third-order valence-electron chi connectivity index (χ3n) is 11.2. The molecule has 0 aliphatic heterocycles. The second-order valence-electron chi connectivity index (χ2n) is 14.5. The molecule has 3 heteroatoms. The fourth-order valence-corrected chi connectivity index (χ4v) is 8.67. The van der Waals surface area contributed by atoms with Gasteiger partial charge in [0, 0.05) is 44.2 Å². The molecule has 0 spiro atoms. The Morgan fingerprint density at radius 3 is 1.58 bits per heavy atom. The summed E-state index contributed by atoms with van der Waals surface area (Å²) in [5, 5.41) is 4.68. The monoisotopic (exact) mass is 728 g/mol.